The van der Waals surface area contributed by atoms with E-state index in [2.05, 4.69) is 17.6 Å². The molecule has 0 bridgehead atoms. The van der Waals surface area contributed by atoms with Crippen molar-refractivity contribution in [1.82, 2.24) is 10.6 Å². The Bertz CT molecular complexity index is 242. The molecule has 0 aromatic rings. The van der Waals surface area contributed by atoms with E-state index in [-0.39, 0.29) is 24.4 Å². The summed E-state index contributed by atoms with van der Waals surface area (Å²) in [6, 6.07) is 0.0823. The van der Waals surface area contributed by atoms with E-state index in [4.69, 9.17) is 0 Å². The summed E-state index contributed by atoms with van der Waals surface area (Å²) in [4.78, 5) is 11.8. The van der Waals surface area contributed by atoms with Crippen LogP contribution in [0.5, 0.6) is 0 Å². The summed E-state index contributed by atoms with van der Waals surface area (Å²) in [5.74, 6) is 1.71. The van der Waals surface area contributed by atoms with Gasteiger partial charge in [0.15, 0.2) is 0 Å². The molecule has 4 heteroatoms. The zero-order valence-corrected chi connectivity index (χ0v) is 11.5. The lowest BCUT2D eigenvalue weighted by Gasteiger charge is -2.29. The molecule has 3 atom stereocenters. The number of hydrogen-bond donors (Lipinski definition) is 2. The van der Waals surface area contributed by atoms with Gasteiger partial charge >= 0.3 is 0 Å². The molecule has 1 amide bonds. The third-order valence-corrected chi connectivity index (χ3v) is 4.20. The Hall–Kier alpha value is -0.280. The quantitative estimate of drug-likeness (QED) is 0.816. The Morgan fingerprint density at radius 1 is 1.24 bits per heavy atom. The molecule has 1 saturated carbocycles. The van der Waals surface area contributed by atoms with E-state index in [1.165, 1.54) is 25.7 Å². The van der Waals surface area contributed by atoms with Crippen LogP contribution in [0.2, 0.25) is 0 Å². The minimum absolute atomic E-state index is 0. The maximum Gasteiger partial charge on any atom is 0.237 e. The van der Waals surface area contributed by atoms with Gasteiger partial charge in [0.1, 0.15) is 0 Å². The Morgan fingerprint density at radius 2 is 2.00 bits per heavy atom. The van der Waals surface area contributed by atoms with Crippen molar-refractivity contribution >= 4 is 18.3 Å². The highest BCUT2D eigenvalue weighted by Gasteiger charge is 2.25. The Kier molecular flexibility index (Phi) is 6.28. The van der Waals surface area contributed by atoms with Crippen LogP contribution < -0.4 is 10.6 Å². The largest absolute Gasteiger partial charge is 0.354 e. The molecule has 100 valence electrons. The zero-order valence-electron chi connectivity index (χ0n) is 10.7. The van der Waals surface area contributed by atoms with E-state index in [0.29, 0.717) is 5.92 Å². The van der Waals surface area contributed by atoms with Gasteiger partial charge in [0.2, 0.25) is 5.91 Å². The van der Waals surface area contributed by atoms with Crippen molar-refractivity contribution in [1.29, 1.82) is 0 Å². The lowest BCUT2D eigenvalue weighted by atomic mass is 9.80. The fourth-order valence-corrected chi connectivity index (χ4v) is 2.96. The van der Waals surface area contributed by atoms with Gasteiger partial charge in [0.05, 0.1) is 6.04 Å². The summed E-state index contributed by atoms with van der Waals surface area (Å²) in [5.41, 5.74) is 0. The van der Waals surface area contributed by atoms with Crippen LogP contribution in [0.15, 0.2) is 0 Å². The van der Waals surface area contributed by atoms with E-state index in [1.54, 1.807) is 0 Å². The lowest BCUT2D eigenvalue weighted by molar-refractivity contribution is -0.123. The van der Waals surface area contributed by atoms with Crippen molar-refractivity contribution in [3.8, 4) is 0 Å². The van der Waals surface area contributed by atoms with Crippen molar-refractivity contribution in [2.24, 2.45) is 11.8 Å². The van der Waals surface area contributed by atoms with Gasteiger partial charge in [-0.2, -0.15) is 0 Å². The third kappa shape index (κ3) is 4.14. The summed E-state index contributed by atoms with van der Waals surface area (Å²) >= 11 is 0. The molecule has 2 rings (SSSR count). The van der Waals surface area contributed by atoms with Gasteiger partial charge in [0, 0.05) is 6.54 Å². The normalized spacial score (nSPS) is 32.9. The van der Waals surface area contributed by atoms with E-state index >= 15 is 0 Å². The minimum atomic E-state index is 0. The summed E-state index contributed by atoms with van der Waals surface area (Å²) in [6.45, 7) is 4.21. The van der Waals surface area contributed by atoms with Crippen molar-refractivity contribution in [2.75, 3.05) is 13.1 Å². The van der Waals surface area contributed by atoms with Crippen LogP contribution in [0, 0.1) is 11.8 Å². The highest BCUT2D eigenvalue weighted by Crippen LogP contribution is 2.28. The Labute approximate surface area is 111 Å². The fraction of sp³-hybridized carbons (Fsp3) is 0.923. The zero-order chi connectivity index (χ0) is 11.4. The molecule has 2 aliphatic rings. The molecule has 3 unspecified atom stereocenters. The Morgan fingerprint density at radius 3 is 2.65 bits per heavy atom. The average Bonchev–Trinajstić information content (AvgIpc) is 2.81. The summed E-state index contributed by atoms with van der Waals surface area (Å²) in [6.07, 6.45) is 7.48. The predicted octanol–water partition coefficient (Wildman–Crippen LogP) is 2.10. The van der Waals surface area contributed by atoms with Crippen LogP contribution in [-0.2, 0) is 4.79 Å². The second kappa shape index (κ2) is 7.22. The van der Waals surface area contributed by atoms with E-state index in [9.17, 15) is 4.79 Å². The van der Waals surface area contributed by atoms with Crippen molar-refractivity contribution in [3.05, 3.63) is 0 Å². The van der Waals surface area contributed by atoms with Crippen LogP contribution in [0.3, 0.4) is 0 Å². The number of rotatable bonds is 3. The molecule has 2 fully saturated rings. The van der Waals surface area contributed by atoms with Gasteiger partial charge in [-0.05, 0) is 37.6 Å². The maximum absolute atomic E-state index is 11.8. The van der Waals surface area contributed by atoms with Crippen molar-refractivity contribution in [2.45, 2.75) is 51.5 Å². The number of halogens is 1. The van der Waals surface area contributed by atoms with Gasteiger partial charge in [-0.1, -0.05) is 26.2 Å². The summed E-state index contributed by atoms with van der Waals surface area (Å²) in [5, 5.41) is 6.37. The number of nitrogens with one attached hydrogen (secondary N) is 2. The molecule has 3 nitrogen and oxygen atoms in total. The average molecular weight is 261 g/mol. The first kappa shape index (κ1) is 14.8. The summed E-state index contributed by atoms with van der Waals surface area (Å²) in [7, 11) is 0. The number of hydrogen-bond acceptors (Lipinski definition) is 2. The van der Waals surface area contributed by atoms with Gasteiger partial charge < -0.3 is 10.6 Å². The van der Waals surface area contributed by atoms with Crippen LogP contribution in [0.1, 0.15) is 45.4 Å². The van der Waals surface area contributed by atoms with E-state index in [1.807, 2.05) is 0 Å². The van der Waals surface area contributed by atoms with Gasteiger partial charge in [-0.25, -0.2) is 0 Å². The van der Waals surface area contributed by atoms with Crippen molar-refractivity contribution in [3.63, 3.8) is 0 Å². The molecule has 17 heavy (non-hydrogen) atoms. The molecule has 1 saturated heterocycles. The fourth-order valence-electron chi connectivity index (χ4n) is 2.96. The Balaban J connectivity index is 0.00000144. The number of carbonyl (C=O) groups excluding carboxylic acids is 1. The molecular formula is C13H25ClN2O. The molecule has 0 aromatic heterocycles. The molecule has 1 aliphatic carbocycles. The van der Waals surface area contributed by atoms with Gasteiger partial charge in [-0.3, -0.25) is 4.79 Å². The molecule has 0 spiro atoms. The highest BCUT2D eigenvalue weighted by molar-refractivity contribution is 5.85. The first-order valence-electron chi connectivity index (χ1n) is 6.78. The van der Waals surface area contributed by atoms with Crippen LogP contribution >= 0.6 is 12.4 Å². The molecule has 0 aromatic carbocycles. The number of carbonyl (C=O) groups is 1. The first-order valence-corrected chi connectivity index (χ1v) is 6.78. The smallest absolute Gasteiger partial charge is 0.237 e. The van der Waals surface area contributed by atoms with E-state index < -0.39 is 0 Å². The SMILES string of the molecule is CC1CCCCC1CNC(=O)C1CCCN1.Cl. The predicted molar refractivity (Wildman–Crippen MR) is 72.4 cm³/mol. The number of amides is 1. The highest BCUT2D eigenvalue weighted by atomic mass is 35.5. The van der Waals surface area contributed by atoms with Crippen LogP contribution in [0.4, 0.5) is 0 Å². The second-order valence-electron chi connectivity index (χ2n) is 5.42. The second-order valence-corrected chi connectivity index (χ2v) is 5.42. The molecule has 1 aliphatic heterocycles. The maximum atomic E-state index is 11.8. The standard InChI is InChI=1S/C13H24N2O.ClH/c1-10-5-2-3-6-11(10)9-15-13(16)12-7-4-8-14-12;/h10-12,14H,2-9H2,1H3,(H,15,16);1H. The summed E-state index contributed by atoms with van der Waals surface area (Å²) < 4.78 is 0. The monoisotopic (exact) mass is 260 g/mol. The van der Waals surface area contributed by atoms with Gasteiger partial charge in [0.25, 0.3) is 0 Å². The molecule has 2 N–H and O–H groups in total. The lowest BCUT2D eigenvalue weighted by Crippen LogP contribution is -2.43. The van der Waals surface area contributed by atoms with Crippen LogP contribution in [0.25, 0.3) is 0 Å². The third-order valence-electron chi connectivity index (χ3n) is 4.20. The van der Waals surface area contributed by atoms with Crippen LogP contribution in [-0.4, -0.2) is 25.0 Å². The van der Waals surface area contributed by atoms with Crippen molar-refractivity contribution < 1.29 is 4.79 Å². The molecular weight excluding hydrogens is 236 g/mol. The van der Waals surface area contributed by atoms with E-state index in [0.717, 1.165) is 31.8 Å². The minimum Gasteiger partial charge on any atom is -0.354 e. The molecule has 0 radical (unpaired) electrons. The molecule has 1 heterocycles. The first-order chi connectivity index (χ1) is 7.77. The van der Waals surface area contributed by atoms with Gasteiger partial charge in [-0.15, -0.1) is 12.4 Å². The topological polar surface area (TPSA) is 41.1 Å².